The van der Waals surface area contributed by atoms with Gasteiger partial charge in [0.1, 0.15) is 17.5 Å². The summed E-state index contributed by atoms with van der Waals surface area (Å²) in [5.41, 5.74) is 0.534. The van der Waals surface area contributed by atoms with Crippen molar-refractivity contribution in [1.29, 1.82) is 0 Å². The lowest BCUT2D eigenvalue weighted by atomic mass is 10.1. The molecular weight excluding hydrogens is 513 g/mol. The summed E-state index contributed by atoms with van der Waals surface area (Å²) in [7, 11) is -4.19. The van der Waals surface area contributed by atoms with Crippen LogP contribution in [0, 0.1) is 0 Å². The summed E-state index contributed by atoms with van der Waals surface area (Å²) in [6, 6.07) is 9.52. The molecule has 188 valence electrons. The first-order valence-corrected chi connectivity index (χ1v) is 13.4. The first-order chi connectivity index (χ1) is 16.5. The van der Waals surface area contributed by atoms with Crippen LogP contribution in [0.1, 0.15) is 49.5 Å². The molecule has 1 N–H and O–H groups in total. The van der Waals surface area contributed by atoms with Gasteiger partial charge in [0.2, 0.25) is 11.8 Å². The predicted octanol–water partition coefficient (Wildman–Crippen LogP) is 3.86. The highest BCUT2D eigenvalue weighted by atomic mass is 35.5. The van der Waals surface area contributed by atoms with E-state index in [4.69, 9.17) is 23.2 Å². The summed E-state index contributed by atoms with van der Waals surface area (Å²) in [6.07, 6.45) is 0.956. The van der Waals surface area contributed by atoms with E-state index in [2.05, 4.69) is 5.32 Å². The molecule has 0 aromatic heterocycles. The molecule has 1 heterocycles. The molecule has 0 aliphatic carbocycles. The summed E-state index contributed by atoms with van der Waals surface area (Å²) in [5.74, 6) is -1.86. The second-order valence-electron chi connectivity index (χ2n) is 8.31. The van der Waals surface area contributed by atoms with E-state index in [0.29, 0.717) is 26.3 Å². The van der Waals surface area contributed by atoms with Gasteiger partial charge in [-0.3, -0.25) is 14.4 Å². The van der Waals surface area contributed by atoms with Crippen molar-refractivity contribution in [1.82, 2.24) is 14.5 Å². The molecule has 2 aromatic carbocycles. The molecule has 3 amide bonds. The summed E-state index contributed by atoms with van der Waals surface area (Å²) in [4.78, 5) is 40.6. The van der Waals surface area contributed by atoms with Gasteiger partial charge in [-0.1, -0.05) is 55.2 Å². The maximum Gasteiger partial charge on any atom is 0.269 e. The number of amides is 3. The van der Waals surface area contributed by atoms with Gasteiger partial charge < -0.3 is 10.2 Å². The third kappa shape index (κ3) is 5.63. The third-order valence-electron chi connectivity index (χ3n) is 5.93. The number of fused-ring (bicyclic) bond motifs is 1. The number of carbonyl (C=O) groups is 3. The number of hydrogen-bond acceptors (Lipinski definition) is 5. The van der Waals surface area contributed by atoms with Crippen LogP contribution in [-0.2, 0) is 26.2 Å². The SMILES string of the molecule is CC[C@@H](C)NC(=O)[C@@H](CC)N(Cc1ccc(Cl)cc1Cl)C(=O)CN1C(=O)c2ccccc2S1(=O)=O. The van der Waals surface area contributed by atoms with Gasteiger partial charge in [0.05, 0.1) is 5.56 Å². The maximum atomic E-state index is 13.5. The number of sulfonamides is 1. The van der Waals surface area contributed by atoms with Crippen LogP contribution in [0.3, 0.4) is 0 Å². The molecule has 0 spiro atoms. The van der Waals surface area contributed by atoms with E-state index < -0.39 is 34.4 Å². The summed E-state index contributed by atoms with van der Waals surface area (Å²) in [5, 5.41) is 3.58. The first-order valence-electron chi connectivity index (χ1n) is 11.2. The quantitative estimate of drug-likeness (QED) is 0.520. The predicted molar refractivity (Wildman–Crippen MR) is 134 cm³/mol. The van der Waals surface area contributed by atoms with Crippen LogP contribution in [0.5, 0.6) is 0 Å². The van der Waals surface area contributed by atoms with Crippen molar-refractivity contribution >= 4 is 50.9 Å². The second-order valence-corrected chi connectivity index (χ2v) is 11.0. The van der Waals surface area contributed by atoms with Crippen molar-refractivity contribution in [2.45, 2.75) is 57.1 Å². The van der Waals surface area contributed by atoms with Gasteiger partial charge in [-0.25, -0.2) is 12.7 Å². The number of rotatable bonds is 9. The largest absolute Gasteiger partial charge is 0.352 e. The number of hydrogen-bond donors (Lipinski definition) is 1. The summed E-state index contributed by atoms with van der Waals surface area (Å²) < 4.78 is 26.5. The average Bonchev–Trinajstić information content (AvgIpc) is 3.00. The van der Waals surface area contributed by atoms with Gasteiger partial charge in [-0.2, -0.15) is 0 Å². The molecule has 0 unspecified atom stereocenters. The van der Waals surface area contributed by atoms with E-state index in [1.807, 2.05) is 13.8 Å². The molecule has 2 aromatic rings. The standard InChI is InChI=1S/C24H27Cl2N3O5S/c1-4-15(3)27-23(31)20(5-2)28(13-16-10-11-17(25)12-19(16)26)22(30)14-29-24(32)18-8-6-7-9-21(18)35(29,33)34/h6-12,15,20H,4-5,13-14H2,1-3H3,(H,27,31)/t15-,20-/m1/s1. The van der Waals surface area contributed by atoms with Crippen LogP contribution in [-0.4, -0.2) is 54.0 Å². The van der Waals surface area contributed by atoms with Crippen LogP contribution in [0.4, 0.5) is 0 Å². The molecule has 1 aliphatic heterocycles. The Morgan fingerprint density at radius 3 is 2.37 bits per heavy atom. The van der Waals surface area contributed by atoms with Crippen LogP contribution >= 0.6 is 23.2 Å². The first kappa shape index (κ1) is 27.0. The molecule has 1 aliphatic rings. The molecule has 0 saturated heterocycles. The van der Waals surface area contributed by atoms with E-state index in [9.17, 15) is 22.8 Å². The van der Waals surface area contributed by atoms with Crippen molar-refractivity contribution in [3.8, 4) is 0 Å². The molecule has 0 saturated carbocycles. The van der Waals surface area contributed by atoms with Crippen molar-refractivity contribution in [3.05, 3.63) is 63.6 Å². The fourth-order valence-corrected chi connectivity index (χ4v) is 5.78. The number of carbonyl (C=O) groups excluding carboxylic acids is 3. The highest BCUT2D eigenvalue weighted by Crippen LogP contribution is 2.30. The molecular formula is C24H27Cl2N3O5S. The fraction of sp³-hybridized carbons (Fsp3) is 0.375. The second kappa shape index (κ2) is 11.0. The monoisotopic (exact) mass is 539 g/mol. The Balaban J connectivity index is 1.95. The van der Waals surface area contributed by atoms with E-state index >= 15 is 0 Å². The normalized spacial score (nSPS) is 15.9. The van der Waals surface area contributed by atoms with Gasteiger partial charge in [0, 0.05) is 22.6 Å². The molecule has 0 bridgehead atoms. The van der Waals surface area contributed by atoms with Gasteiger partial charge >= 0.3 is 0 Å². The minimum absolute atomic E-state index is 0.00847. The van der Waals surface area contributed by atoms with Crippen LogP contribution in [0.15, 0.2) is 47.4 Å². The third-order valence-corrected chi connectivity index (χ3v) is 8.31. The van der Waals surface area contributed by atoms with Crippen LogP contribution < -0.4 is 5.32 Å². The highest BCUT2D eigenvalue weighted by Gasteiger charge is 2.43. The smallest absolute Gasteiger partial charge is 0.269 e. The Morgan fingerprint density at radius 1 is 1.09 bits per heavy atom. The van der Waals surface area contributed by atoms with Gasteiger partial charge in [-0.05, 0) is 49.6 Å². The van der Waals surface area contributed by atoms with E-state index in [1.165, 1.54) is 29.2 Å². The zero-order chi connectivity index (χ0) is 25.9. The lowest BCUT2D eigenvalue weighted by Crippen LogP contribution is -2.53. The molecule has 0 radical (unpaired) electrons. The van der Waals surface area contributed by atoms with Crippen molar-refractivity contribution in [2.24, 2.45) is 0 Å². The lowest BCUT2D eigenvalue weighted by Gasteiger charge is -2.32. The molecule has 8 nitrogen and oxygen atoms in total. The molecule has 3 rings (SSSR count). The van der Waals surface area contributed by atoms with Gasteiger partial charge in [-0.15, -0.1) is 0 Å². The zero-order valence-corrected chi connectivity index (χ0v) is 22.0. The van der Waals surface area contributed by atoms with Crippen LogP contribution in [0.25, 0.3) is 0 Å². The Kier molecular flexibility index (Phi) is 8.46. The average molecular weight is 540 g/mol. The lowest BCUT2D eigenvalue weighted by molar-refractivity contribution is -0.141. The number of nitrogens with zero attached hydrogens (tertiary/aromatic N) is 2. The van der Waals surface area contributed by atoms with Crippen molar-refractivity contribution in [2.75, 3.05) is 6.54 Å². The Hall–Kier alpha value is -2.62. The summed E-state index contributed by atoms with van der Waals surface area (Å²) in [6.45, 7) is 4.70. The number of benzene rings is 2. The van der Waals surface area contributed by atoms with Gasteiger partial charge in [0.25, 0.3) is 15.9 Å². The van der Waals surface area contributed by atoms with Gasteiger partial charge in [0.15, 0.2) is 0 Å². The Morgan fingerprint density at radius 2 is 1.77 bits per heavy atom. The van der Waals surface area contributed by atoms with E-state index in [0.717, 1.165) is 0 Å². The minimum atomic E-state index is -4.19. The molecule has 11 heteroatoms. The van der Waals surface area contributed by atoms with Crippen molar-refractivity contribution in [3.63, 3.8) is 0 Å². The Bertz CT molecular complexity index is 1250. The van der Waals surface area contributed by atoms with Crippen LogP contribution in [0.2, 0.25) is 10.0 Å². The summed E-state index contributed by atoms with van der Waals surface area (Å²) >= 11 is 12.3. The van der Waals surface area contributed by atoms with E-state index in [1.54, 1.807) is 25.1 Å². The van der Waals surface area contributed by atoms with E-state index in [-0.39, 0.29) is 35.4 Å². The molecule has 0 fully saturated rings. The maximum absolute atomic E-state index is 13.5. The zero-order valence-electron chi connectivity index (χ0n) is 19.6. The minimum Gasteiger partial charge on any atom is -0.352 e. The topological polar surface area (TPSA) is 104 Å². The fourth-order valence-electron chi connectivity index (χ4n) is 3.79. The number of halogens is 2. The molecule has 35 heavy (non-hydrogen) atoms. The Labute approximate surface area is 215 Å². The van der Waals surface area contributed by atoms with Crippen molar-refractivity contribution < 1.29 is 22.8 Å². The highest BCUT2D eigenvalue weighted by molar-refractivity contribution is 7.90. The molecule has 2 atom stereocenters. The number of nitrogens with one attached hydrogen (secondary N) is 1.